The number of nitrogens with one attached hydrogen (secondary N) is 2. The van der Waals surface area contributed by atoms with Crippen LogP contribution in [0.1, 0.15) is 19.5 Å². The Balaban J connectivity index is 2.72. The summed E-state index contributed by atoms with van der Waals surface area (Å²) in [7, 11) is 1.64. The molecule has 0 unspecified atom stereocenters. The molecule has 1 rings (SSSR count). The number of hydrogen-bond acceptors (Lipinski definition) is 4. The van der Waals surface area contributed by atoms with Crippen molar-refractivity contribution in [1.29, 1.82) is 0 Å². The van der Waals surface area contributed by atoms with E-state index in [1.54, 1.807) is 20.0 Å². The Morgan fingerprint density at radius 3 is 2.30 bits per heavy atom. The van der Waals surface area contributed by atoms with E-state index in [9.17, 15) is 14.4 Å². The number of carboxylic acid groups (broad SMARTS) is 1. The molecular weight excluding hydrogens is 264 g/mol. The Labute approximate surface area is 115 Å². The molecule has 20 heavy (non-hydrogen) atoms. The van der Waals surface area contributed by atoms with Gasteiger partial charge in [0.05, 0.1) is 5.69 Å². The predicted octanol–water partition coefficient (Wildman–Crippen LogP) is 0.798. The first-order valence-electron chi connectivity index (χ1n) is 5.76. The third kappa shape index (κ3) is 3.67. The molecule has 3 amide bonds. The van der Waals surface area contributed by atoms with E-state index in [2.05, 4.69) is 10.4 Å². The van der Waals surface area contributed by atoms with Crippen LogP contribution in [-0.2, 0) is 16.6 Å². The number of aryl methyl sites for hydroxylation is 2. The van der Waals surface area contributed by atoms with Crippen LogP contribution in [-0.4, -0.2) is 32.8 Å². The third-order valence-electron chi connectivity index (χ3n) is 2.69. The molecule has 0 saturated carbocycles. The number of carbonyl (C=O) groups excluding carboxylic acids is 2. The summed E-state index contributed by atoms with van der Waals surface area (Å²) in [6, 6.07) is 0.880. The van der Waals surface area contributed by atoms with Crippen molar-refractivity contribution in [2.24, 2.45) is 7.05 Å². The maximum atomic E-state index is 11.7. The molecule has 108 valence electrons. The summed E-state index contributed by atoms with van der Waals surface area (Å²) in [6.07, 6.45) is 0. The van der Waals surface area contributed by atoms with E-state index in [4.69, 9.17) is 5.11 Å². The van der Waals surface area contributed by atoms with Crippen molar-refractivity contribution in [2.45, 2.75) is 20.8 Å². The van der Waals surface area contributed by atoms with Gasteiger partial charge in [-0.15, -0.1) is 0 Å². The van der Waals surface area contributed by atoms with Gasteiger partial charge < -0.3 is 5.11 Å². The molecule has 1 aromatic heterocycles. The van der Waals surface area contributed by atoms with E-state index in [1.165, 1.54) is 18.5 Å². The zero-order valence-corrected chi connectivity index (χ0v) is 11.6. The fourth-order valence-corrected chi connectivity index (χ4v) is 1.40. The topological polar surface area (TPSA) is 113 Å². The molecule has 0 aliphatic heterocycles. The van der Waals surface area contributed by atoms with E-state index in [0.29, 0.717) is 11.5 Å². The van der Waals surface area contributed by atoms with Crippen LogP contribution in [0.15, 0.2) is 17.2 Å². The monoisotopic (exact) mass is 280 g/mol. The lowest BCUT2D eigenvalue weighted by molar-refractivity contribution is -0.133. The summed E-state index contributed by atoms with van der Waals surface area (Å²) < 4.78 is 1.45. The van der Waals surface area contributed by atoms with Gasteiger partial charge in [-0.05, 0) is 20.8 Å². The molecule has 1 heterocycles. The fraction of sp³-hybridized carbons (Fsp3) is 0.333. The number of hydrogen-bond donors (Lipinski definition) is 3. The van der Waals surface area contributed by atoms with Crippen LogP contribution in [0, 0.1) is 6.92 Å². The van der Waals surface area contributed by atoms with Gasteiger partial charge in [-0.1, -0.05) is 0 Å². The van der Waals surface area contributed by atoms with Gasteiger partial charge in [-0.25, -0.2) is 9.59 Å². The van der Waals surface area contributed by atoms with Crippen LogP contribution < -0.4 is 10.6 Å². The minimum atomic E-state index is -1.21. The van der Waals surface area contributed by atoms with Gasteiger partial charge in [0, 0.05) is 24.3 Å². The van der Waals surface area contributed by atoms with Crippen molar-refractivity contribution in [3.63, 3.8) is 0 Å². The van der Waals surface area contributed by atoms with Crippen LogP contribution in [0.5, 0.6) is 0 Å². The molecule has 0 bridgehead atoms. The zero-order valence-electron chi connectivity index (χ0n) is 11.6. The highest BCUT2D eigenvalue weighted by molar-refractivity contribution is 6.10. The molecule has 1 aromatic rings. The van der Waals surface area contributed by atoms with Gasteiger partial charge in [-0.2, -0.15) is 5.10 Å². The molecule has 0 aromatic carbocycles. The number of anilines is 1. The van der Waals surface area contributed by atoms with Gasteiger partial charge >= 0.3 is 12.0 Å². The zero-order chi connectivity index (χ0) is 15.4. The molecule has 0 atom stereocenters. The highest BCUT2D eigenvalue weighted by Crippen LogP contribution is 2.08. The fourth-order valence-electron chi connectivity index (χ4n) is 1.40. The van der Waals surface area contributed by atoms with Gasteiger partial charge in [0.1, 0.15) is 5.82 Å². The quantitative estimate of drug-likeness (QED) is 0.709. The summed E-state index contributed by atoms with van der Waals surface area (Å²) in [5.41, 5.74) is 0.562. The maximum absolute atomic E-state index is 11.7. The first kappa shape index (κ1) is 15.4. The molecule has 8 nitrogen and oxygen atoms in total. The lowest BCUT2D eigenvalue weighted by atomic mass is 10.1. The molecule has 0 aliphatic rings. The standard InChI is InChI=1S/C12H16N4O4/c1-6-5-9(16(4)15-6)13-12(20)14-10(17)7(2)8(3)11(18)19/h5H,1-4H3,(H,18,19)(H2,13,14,17,20). The van der Waals surface area contributed by atoms with E-state index in [1.807, 2.05) is 5.32 Å². The number of urea groups is 1. The van der Waals surface area contributed by atoms with Crippen molar-refractivity contribution in [3.05, 3.63) is 22.9 Å². The second-order valence-corrected chi connectivity index (χ2v) is 4.26. The van der Waals surface area contributed by atoms with E-state index in [0.717, 1.165) is 0 Å². The Hall–Kier alpha value is -2.64. The van der Waals surface area contributed by atoms with Crippen molar-refractivity contribution >= 4 is 23.7 Å². The van der Waals surface area contributed by atoms with Crippen LogP contribution >= 0.6 is 0 Å². The molecule has 0 spiro atoms. The van der Waals surface area contributed by atoms with Gasteiger partial charge in [-0.3, -0.25) is 20.1 Å². The number of amides is 3. The molecule has 0 aliphatic carbocycles. The number of carbonyl (C=O) groups is 3. The van der Waals surface area contributed by atoms with Gasteiger partial charge in [0.15, 0.2) is 0 Å². The average Bonchev–Trinajstić information content (AvgIpc) is 2.65. The van der Waals surface area contributed by atoms with Crippen LogP contribution in [0.25, 0.3) is 0 Å². The summed E-state index contributed by atoms with van der Waals surface area (Å²) in [4.78, 5) is 34.0. The van der Waals surface area contributed by atoms with Crippen LogP contribution in [0.3, 0.4) is 0 Å². The van der Waals surface area contributed by atoms with Crippen molar-refractivity contribution < 1.29 is 19.5 Å². The number of carboxylic acids is 1. The van der Waals surface area contributed by atoms with Crippen molar-refractivity contribution in [3.8, 4) is 0 Å². The molecular formula is C12H16N4O4. The molecule has 0 radical (unpaired) electrons. The molecule has 8 heteroatoms. The Kier molecular flexibility index (Phi) is 4.63. The minimum Gasteiger partial charge on any atom is -0.478 e. The highest BCUT2D eigenvalue weighted by Gasteiger charge is 2.16. The van der Waals surface area contributed by atoms with E-state index in [-0.39, 0.29) is 11.1 Å². The summed E-state index contributed by atoms with van der Waals surface area (Å²) in [5, 5.41) is 17.3. The largest absolute Gasteiger partial charge is 0.478 e. The summed E-state index contributed by atoms with van der Waals surface area (Å²) >= 11 is 0. The Morgan fingerprint density at radius 1 is 1.25 bits per heavy atom. The molecule has 0 saturated heterocycles. The normalized spacial score (nSPS) is 11.6. The van der Waals surface area contributed by atoms with Crippen LogP contribution in [0.4, 0.5) is 10.6 Å². The maximum Gasteiger partial charge on any atom is 0.331 e. The first-order valence-corrected chi connectivity index (χ1v) is 5.76. The lowest BCUT2D eigenvalue weighted by Gasteiger charge is -2.07. The van der Waals surface area contributed by atoms with Gasteiger partial charge in [0.2, 0.25) is 0 Å². The lowest BCUT2D eigenvalue weighted by Crippen LogP contribution is -2.35. The summed E-state index contributed by atoms with van der Waals surface area (Å²) in [5.74, 6) is -1.55. The second-order valence-electron chi connectivity index (χ2n) is 4.26. The number of aliphatic carboxylic acids is 1. The number of imide groups is 1. The predicted molar refractivity (Wildman–Crippen MR) is 71.1 cm³/mol. The minimum absolute atomic E-state index is 0.0335. The van der Waals surface area contributed by atoms with Gasteiger partial charge in [0.25, 0.3) is 5.91 Å². The number of aromatic nitrogens is 2. The summed E-state index contributed by atoms with van der Waals surface area (Å²) in [6.45, 7) is 4.39. The van der Waals surface area contributed by atoms with Crippen LogP contribution in [0.2, 0.25) is 0 Å². The van der Waals surface area contributed by atoms with E-state index < -0.39 is 17.9 Å². The molecule has 0 fully saturated rings. The number of nitrogens with zero attached hydrogens (tertiary/aromatic N) is 2. The average molecular weight is 280 g/mol. The third-order valence-corrected chi connectivity index (χ3v) is 2.69. The second kappa shape index (κ2) is 6.00. The Bertz CT molecular complexity index is 601. The number of rotatable bonds is 3. The van der Waals surface area contributed by atoms with E-state index >= 15 is 0 Å². The van der Waals surface area contributed by atoms with Crippen molar-refractivity contribution in [2.75, 3.05) is 5.32 Å². The smallest absolute Gasteiger partial charge is 0.331 e. The van der Waals surface area contributed by atoms with Crippen molar-refractivity contribution in [1.82, 2.24) is 15.1 Å². The highest BCUT2D eigenvalue weighted by atomic mass is 16.4. The molecule has 3 N–H and O–H groups in total. The Morgan fingerprint density at radius 2 is 1.85 bits per heavy atom. The SMILES string of the molecule is CC(C(=O)O)=C(C)C(=O)NC(=O)Nc1cc(C)nn1C. The first-order chi connectivity index (χ1) is 9.22.